The van der Waals surface area contributed by atoms with Gasteiger partial charge in [0.15, 0.2) is 5.78 Å². The SMILES string of the molecule is Cc1ccc(C(=O)c2ccccc2OC(F)F)cn1. The molecule has 0 N–H and O–H groups in total. The predicted molar refractivity (Wildman–Crippen MR) is 65.5 cm³/mol. The molecule has 1 aromatic carbocycles. The Morgan fingerprint density at radius 3 is 2.58 bits per heavy atom. The van der Waals surface area contributed by atoms with Crippen LogP contribution in [0.25, 0.3) is 0 Å². The topological polar surface area (TPSA) is 39.2 Å². The van der Waals surface area contributed by atoms with Gasteiger partial charge in [-0.2, -0.15) is 8.78 Å². The van der Waals surface area contributed by atoms with Gasteiger partial charge in [-0.3, -0.25) is 9.78 Å². The van der Waals surface area contributed by atoms with Gasteiger partial charge in [0.25, 0.3) is 0 Å². The van der Waals surface area contributed by atoms with Crippen molar-refractivity contribution in [1.29, 1.82) is 0 Å². The van der Waals surface area contributed by atoms with Crippen LogP contribution in [0, 0.1) is 6.92 Å². The van der Waals surface area contributed by atoms with Crippen molar-refractivity contribution < 1.29 is 18.3 Å². The van der Waals surface area contributed by atoms with Crippen LogP contribution < -0.4 is 4.74 Å². The van der Waals surface area contributed by atoms with E-state index < -0.39 is 12.4 Å². The van der Waals surface area contributed by atoms with E-state index in [-0.39, 0.29) is 11.3 Å². The van der Waals surface area contributed by atoms with Crippen LogP contribution in [-0.2, 0) is 0 Å². The molecule has 0 aliphatic heterocycles. The Balaban J connectivity index is 2.35. The summed E-state index contributed by atoms with van der Waals surface area (Å²) in [5.41, 5.74) is 1.19. The Labute approximate surface area is 108 Å². The minimum atomic E-state index is -2.97. The summed E-state index contributed by atoms with van der Waals surface area (Å²) in [7, 11) is 0. The van der Waals surface area contributed by atoms with E-state index in [2.05, 4.69) is 9.72 Å². The minimum Gasteiger partial charge on any atom is -0.434 e. The highest BCUT2D eigenvalue weighted by Crippen LogP contribution is 2.23. The van der Waals surface area contributed by atoms with E-state index in [9.17, 15) is 13.6 Å². The molecule has 0 atom stereocenters. The summed E-state index contributed by atoms with van der Waals surface area (Å²) < 4.78 is 28.9. The Hall–Kier alpha value is -2.30. The maximum atomic E-state index is 12.3. The molecule has 5 heteroatoms. The average molecular weight is 263 g/mol. The highest BCUT2D eigenvalue weighted by Gasteiger charge is 2.16. The van der Waals surface area contributed by atoms with Gasteiger partial charge in [-0.1, -0.05) is 12.1 Å². The first-order valence-electron chi connectivity index (χ1n) is 5.59. The number of nitrogens with zero attached hydrogens (tertiary/aromatic N) is 1. The molecule has 2 aromatic rings. The van der Waals surface area contributed by atoms with Crippen molar-refractivity contribution in [3.05, 3.63) is 59.4 Å². The molecule has 0 radical (unpaired) electrons. The quantitative estimate of drug-likeness (QED) is 0.795. The zero-order valence-electron chi connectivity index (χ0n) is 10.1. The number of carbonyl (C=O) groups excluding carboxylic acids is 1. The van der Waals surface area contributed by atoms with Crippen LogP contribution in [0.4, 0.5) is 8.78 Å². The van der Waals surface area contributed by atoms with Gasteiger partial charge < -0.3 is 4.74 Å². The van der Waals surface area contributed by atoms with Gasteiger partial charge in [-0.15, -0.1) is 0 Å². The number of hydrogen-bond donors (Lipinski definition) is 0. The first-order valence-corrected chi connectivity index (χ1v) is 5.59. The summed E-state index contributed by atoms with van der Waals surface area (Å²) >= 11 is 0. The molecule has 0 spiro atoms. The Morgan fingerprint density at radius 1 is 1.21 bits per heavy atom. The number of para-hydroxylation sites is 1. The molecule has 0 aliphatic rings. The van der Waals surface area contributed by atoms with Crippen LogP contribution in [0.15, 0.2) is 42.6 Å². The van der Waals surface area contributed by atoms with Crippen LogP contribution in [0.2, 0.25) is 0 Å². The predicted octanol–water partition coefficient (Wildman–Crippen LogP) is 3.22. The molecule has 1 heterocycles. The van der Waals surface area contributed by atoms with E-state index in [1.807, 2.05) is 0 Å². The van der Waals surface area contributed by atoms with Crippen molar-refractivity contribution >= 4 is 5.78 Å². The normalized spacial score (nSPS) is 10.5. The number of ether oxygens (including phenoxy) is 1. The standard InChI is InChI=1S/C14H11F2NO2/c1-9-6-7-10(8-17-9)13(18)11-4-2-3-5-12(11)19-14(15)16/h2-8,14H,1H3. The Morgan fingerprint density at radius 2 is 1.95 bits per heavy atom. The van der Waals surface area contributed by atoms with Crippen LogP contribution in [0.3, 0.4) is 0 Å². The number of rotatable bonds is 4. The lowest BCUT2D eigenvalue weighted by atomic mass is 10.0. The minimum absolute atomic E-state index is 0.0912. The van der Waals surface area contributed by atoms with E-state index in [0.29, 0.717) is 5.56 Å². The van der Waals surface area contributed by atoms with E-state index in [1.54, 1.807) is 25.1 Å². The van der Waals surface area contributed by atoms with Crippen LogP contribution in [-0.4, -0.2) is 17.4 Å². The largest absolute Gasteiger partial charge is 0.434 e. The third-order valence-corrected chi connectivity index (χ3v) is 2.52. The van der Waals surface area contributed by atoms with Crippen molar-refractivity contribution in [3.8, 4) is 5.75 Å². The zero-order chi connectivity index (χ0) is 13.8. The fourth-order valence-corrected chi connectivity index (χ4v) is 1.61. The summed E-state index contributed by atoms with van der Waals surface area (Å²) in [6.07, 6.45) is 1.41. The maximum Gasteiger partial charge on any atom is 0.387 e. The van der Waals surface area contributed by atoms with E-state index in [0.717, 1.165) is 5.69 Å². The fraction of sp³-hybridized carbons (Fsp3) is 0.143. The maximum absolute atomic E-state index is 12.3. The fourth-order valence-electron chi connectivity index (χ4n) is 1.61. The van der Waals surface area contributed by atoms with Gasteiger partial charge >= 0.3 is 6.61 Å². The van der Waals surface area contributed by atoms with Crippen molar-refractivity contribution in [3.63, 3.8) is 0 Å². The number of benzene rings is 1. The molecule has 0 fully saturated rings. The second kappa shape index (κ2) is 5.56. The van der Waals surface area contributed by atoms with Crippen molar-refractivity contribution in [2.24, 2.45) is 0 Å². The molecule has 3 nitrogen and oxygen atoms in total. The summed E-state index contributed by atoms with van der Waals surface area (Å²) in [5, 5.41) is 0. The molecule has 98 valence electrons. The summed E-state index contributed by atoms with van der Waals surface area (Å²) in [4.78, 5) is 16.2. The van der Waals surface area contributed by atoms with E-state index >= 15 is 0 Å². The third-order valence-electron chi connectivity index (χ3n) is 2.52. The van der Waals surface area contributed by atoms with E-state index in [4.69, 9.17) is 0 Å². The summed E-state index contributed by atoms with van der Waals surface area (Å²) in [6.45, 7) is -1.17. The van der Waals surface area contributed by atoms with Gasteiger partial charge in [0, 0.05) is 17.5 Å². The Kier molecular flexibility index (Phi) is 3.85. The number of alkyl halides is 2. The van der Waals surface area contributed by atoms with Crippen LogP contribution >= 0.6 is 0 Å². The molecule has 0 saturated carbocycles. The molecule has 0 amide bonds. The van der Waals surface area contributed by atoms with Crippen molar-refractivity contribution in [2.75, 3.05) is 0 Å². The third kappa shape index (κ3) is 3.13. The Bertz CT molecular complexity index is 582. The molecule has 0 saturated heterocycles. The van der Waals surface area contributed by atoms with Gasteiger partial charge in [0.2, 0.25) is 0 Å². The van der Waals surface area contributed by atoms with Gasteiger partial charge in [-0.25, -0.2) is 0 Å². The molecule has 19 heavy (non-hydrogen) atoms. The molecule has 0 unspecified atom stereocenters. The second-order valence-corrected chi connectivity index (χ2v) is 3.89. The van der Waals surface area contributed by atoms with Crippen molar-refractivity contribution in [1.82, 2.24) is 4.98 Å². The lowest BCUT2D eigenvalue weighted by Crippen LogP contribution is -2.09. The first-order chi connectivity index (χ1) is 9.08. The number of aromatic nitrogens is 1. The lowest BCUT2D eigenvalue weighted by Gasteiger charge is -2.09. The number of ketones is 1. The zero-order valence-corrected chi connectivity index (χ0v) is 10.1. The molecule has 2 rings (SSSR count). The van der Waals surface area contributed by atoms with Crippen LogP contribution in [0.1, 0.15) is 21.6 Å². The highest BCUT2D eigenvalue weighted by atomic mass is 19.3. The number of hydrogen-bond acceptors (Lipinski definition) is 3. The van der Waals surface area contributed by atoms with E-state index in [1.165, 1.54) is 24.4 Å². The van der Waals surface area contributed by atoms with Gasteiger partial charge in [0.05, 0.1) is 5.56 Å². The number of aryl methyl sites for hydroxylation is 1. The lowest BCUT2D eigenvalue weighted by molar-refractivity contribution is -0.0501. The molecule has 1 aromatic heterocycles. The second-order valence-electron chi connectivity index (χ2n) is 3.89. The summed E-state index contributed by atoms with van der Waals surface area (Å²) in [6, 6.07) is 9.18. The van der Waals surface area contributed by atoms with Gasteiger partial charge in [0.1, 0.15) is 5.75 Å². The first kappa shape index (κ1) is 13.1. The summed E-state index contributed by atoms with van der Waals surface area (Å²) in [5.74, 6) is -0.535. The number of pyridine rings is 1. The smallest absolute Gasteiger partial charge is 0.387 e. The number of halogens is 2. The van der Waals surface area contributed by atoms with Gasteiger partial charge in [-0.05, 0) is 31.2 Å². The molecular weight excluding hydrogens is 252 g/mol. The van der Waals surface area contributed by atoms with Crippen molar-refractivity contribution in [2.45, 2.75) is 13.5 Å². The monoisotopic (exact) mass is 263 g/mol. The number of carbonyl (C=O) groups is 1. The average Bonchev–Trinajstić information content (AvgIpc) is 2.39. The molecule has 0 bridgehead atoms. The molecule has 0 aliphatic carbocycles. The van der Waals surface area contributed by atoms with Crippen LogP contribution in [0.5, 0.6) is 5.75 Å². The molecular formula is C14H11F2NO2. The highest BCUT2D eigenvalue weighted by molar-refractivity contribution is 6.10.